The molecule has 1 aliphatic rings. The molecular weight excluding hydrogens is 184 g/mol. The molecule has 0 aliphatic carbocycles. The number of benzene rings is 1. The van der Waals surface area contributed by atoms with Gasteiger partial charge in [-0.25, -0.2) is 0 Å². The molecule has 0 saturated carbocycles. The third-order valence-electron chi connectivity index (χ3n) is 3.14. The van der Waals surface area contributed by atoms with Gasteiger partial charge in [0, 0.05) is 13.1 Å². The van der Waals surface area contributed by atoms with Crippen molar-refractivity contribution in [1.29, 1.82) is 0 Å². The largest absolute Gasteiger partial charge is 0.330 e. The Labute approximate surface area is 92.1 Å². The SMILES string of the molecule is CN1CCc2cc(CCCN)ccc2C1. The Morgan fingerprint density at radius 1 is 1.33 bits per heavy atom. The van der Waals surface area contributed by atoms with Gasteiger partial charge >= 0.3 is 0 Å². The van der Waals surface area contributed by atoms with Gasteiger partial charge in [0.15, 0.2) is 0 Å². The predicted molar refractivity (Wildman–Crippen MR) is 63.9 cm³/mol. The Morgan fingerprint density at radius 2 is 2.20 bits per heavy atom. The quantitative estimate of drug-likeness (QED) is 0.809. The fourth-order valence-electron chi connectivity index (χ4n) is 2.21. The van der Waals surface area contributed by atoms with Crippen LogP contribution in [0, 0.1) is 0 Å². The molecule has 15 heavy (non-hydrogen) atoms. The van der Waals surface area contributed by atoms with Gasteiger partial charge in [0.1, 0.15) is 0 Å². The maximum Gasteiger partial charge on any atom is 0.0233 e. The molecule has 2 nitrogen and oxygen atoms in total. The molecule has 82 valence electrons. The number of rotatable bonds is 3. The molecule has 0 bridgehead atoms. The van der Waals surface area contributed by atoms with Crippen LogP contribution < -0.4 is 5.73 Å². The lowest BCUT2D eigenvalue weighted by atomic mass is 9.96. The van der Waals surface area contributed by atoms with Crippen molar-refractivity contribution in [3.8, 4) is 0 Å². The van der Waals surface area contributed by atoms with E-state index in [4.69, 9.17) is 5.73 Å². The summed E-state index contributed by atoms with van der Waals surface area (Å²) in [6, 6.07) is 6.92. The zero-order chi connectivity index (χ0) is 10.7. The van der Waals surface area contributed by atoms with Crippen molar-refractivity contribution < 1.29 is 0 Å². The predicted octanol–water partition coefficient (Wildman–Crippen LogP) is 1.57. The van der Waals surface area contributed by atoms with Gasteiger partial charge in [-0.05, 0) is 49.5 Å². The van der Waals surface area contributed by atoms with Crippen molar-refractivity contribution in [3.63, 3.8) is 0 Å². The van der Waals surface area contributed by atoms with E-state index in [1.54, 1.807) is 5.56 Å². The smallest absolute Gasteiger partial charge is 0.0233 e. The number of likely N-dealkylation sites (N-methyl/N-ethyl adjacent to an activating group) is 1. The first-order valence-corrected chi connectivity index (χ1v) is 5.79. The monoisotopic (exact) mass is 204 g/mol. The van der Waals surface area contributed by atoms with Crippen LogP contribution in [0.5, 0.6) is 0 Å². The highest BCUT2D eigenvalue weighted by atomic mass is 15.1. The van der Waals surface area contributed by atoms with Gasteiger partial charge in [0.2, 0.25) is 0 Å². The van der Waals surface area contributed by atoms with Gasteiger partial charge in [-0.3, -0.25) is 0 Å². The lowest BCUT2D eigenvalue weighted by Gasteiger charge is -2.25. The molecule has 0 unspecified atom stereocenters. The second kappa shape index (κ2) is 4.77. The van der Waals surface area contributed by atoms with Gasteiger partial charge in [-0.1, -0.05) is 18.2 Å². The number of fused-ring (bicyclic) bond motifs is 1. The fourth-order valence-corrected chi connectivity index (χ4v) is 2.21. The minimum Gasteiger partial charge on any atom is -0.330 e. The molecule has 0 aromatic heterocycles. The van der Waals surface area contributed by atoms with E-state index in [0.29, 0.717) is 0 Å². The van der Waals surface area contributed by atoms with E-state index in [1.165, 1.54) is 24.1 Å². The molecule has 0 saturated heterocycles. The van der Waals surface area contributed by atoms with Crippen molar-refractivity contribution in [3.05, 3.63) is 34.9 Å². The van der Waals surface area contributed by atoms with Crippen molar-refractivity contribution in [2.45, 2.75) is 25.8 Å². The molecule has 0 radical (unpaired) electrons. The summed E-state index contributed by atoms with van der Waals surface area (Å²) >= 11 is 0. The van der Waals surface area contributed by atoms with E-state index in [1.807, 2.05) is 0 Å². The first-order chi connectivity index (χ1) is 7.29. The van der Waals surface area contributed by atoms with Crippen LogP contribution >= 0.6 is 0 Å². The Kier molecular flexibility index (Phi) is 3.39. The van der Waals surface area contributed by atoms with Crippen molar-refractivity contribution in [1.82, 2.24) is 4.90 Å². The normalized spacial score (nSPS) is 16.4. The van der Waals surface area contributed by atoms with Crippen LogP contribution in [0.15, 0.2) is 18.2 Å². The summed E-state index contributed by atoms with van der Waals surface area (Å²) in [5, 5.41) is 0. The number of nitrogens with zero attached hydrogens (tertiary/aromatic N) is 1. The summed E-state index contributed by atoms with van der Waals surface area (Å²) in [6.45, 7) is 3.08. The van der Waals surface area contributed by atoms with Gasteiger partial charge in [0.25, 0.3) is 0 Å². The van der Waals surface area contributed by atoms with Gasteiger partial charge in [0.05, 0.1) is 0 Å². The van der Waals surface area contributed by atoms with E-state index < -0.39 is 0 Å². The molecule has 2 heteroatoms. The molecule has 2 N–H and O–H groups in total. The highest BCUT2D eigenvalue weighted by molar-refractivity contribution is 5.33. The highest BCUT2D eigenvalue weighted by Gasteiger charge is 2.12. The maximum absolute atomic E-state index is 5.53. The molecule has 0 atom stereocenters. The van der Waals surface area contributed by atoms with Crippen molar-refractivity contribution in [2.24, 2.45) is 5.73 Å². The van der Waals surface area contributed by atoms with Crippen LogP contribution in [0.25, 0.3) is 0 Å². The fraction of sp³-hybridized carbons (Fsp3) is 0.538. The summed E-state index contributed by atoms with van der Waals surface area (Å²) in [7, 11) is 2.19. The summed E-state index contributed by atoms with van der Waals surface area (Å²) < 4.78 is 0. The Morgan fingerprint density at radius 3 is 3.00 bits per heavy atom. The number of aryl methyl sites for hydroxylation is 1. The topological polar surface area (TPSA) is 29.3 Å². The van der Waals surface area contributed by atoms with Crippen LogP contribution in [0.4, 0.5) is 0 Å². The van der Waals surface area contributed by atoms with E-state index in [-0.39, 0.29) is 0 Å². The number of hydrogen-bond acceptors (Lipinski definition) is 2. The van der Waals surface area contributed by atoms with Gasteiger partial charge in [-0.15, -0.1) is 0 Å². The lowest BCUT2D eigenvalue weighted by molar-refractivity contribution is 0.313. The van der Waals surface area contributed by atoms with Crippen molar-refractivity contribution >= 4 is 0 Å². The van der Waals surface area contributed by atoms with E-state index >= 15 is 0 Å². The molecular formula is C13H20N2. The maximum atomic E-state index is 5.53. The standard InChI is InChI=1S/C13H20N2/c1-15-8-6-12-9-11(3-2-7-14)4-5-13(12)10-15/h4-5,9H,2-3,6-8,10,14H2,1H3. The van der Waals surface area contributed by atoms with Crippen molar-refractivity contribution in [2.75, 3.05) is 20.1 Å². The minimum absolute atomic E-state index is 0.791. The summed E-state index contributed by atoms with van der Waals surface area (Å²) in [5.41, 5.74) is 10.0. The highest BCUT2D eigenvalue weighted by Crippen LogP contribution is 2.19. The van der Waals surface area contributed by atoms with E-state index in [0.717, 1.165) is 25.9 Å². The lowest BCUT2D eigenvalue weighted by Crippen LogP contribution is -2.26. The minimum atomic E-state index is 0.791. The molecule has 0 spiro atoms. The van der Waals surface area contributed by atoms with Crippen LogP contribution in [-0.2, 0) is 19.4 Å². The Balaban J connectivity index is 2.12. The van der Waals surface area contributed by atoms with E-state index in [9.17, 15) is 0 Å². The van der Waals surface area contributed by atoms with Crippen LogP contribution in [-0.4, -0.2) is 25.0 Å². The van der Waals surface area contributed by atoms with Crippen LogP contribution in [0.3, 0.4) is 0 Å². The number of hydrogen-bond donors (Lipinski definition) is 1. The summed E-state index contributed by atoms with van der Waals surface area (Å²) in [5.74, 6) is 0. The summed E-state index contributed by atoms with van der Waals surface area (Å²) in [6.07, 6.45) is 3.42. The van der Waals surface area contributed by atoms with E-state index in [2.05, 4.69) is 30.1 Å². The average molecular weight is 204 g/mol. The zero-order valence-electron chi connectivity index (χ0n) is 9.50. The molecule has 0 fully saturated rings. The van der Waals surface area contributed by atoms with Gasteiger partial charge < -0.3 is 10.6 Å². The first-order valence-electron chi connectivity index (χ1n) is 5.79. The molecule has 1 heterocycles. The Hall–Kier alpha value is -0.860. The molecule has 1 aliphatic heterocycles. The number of nitrogens with two attached hydrogens (primary N) is 1. The van der Waals surface area contributed by atoms with Crippen LogP contribution in [0.1, 0.15) is 23.1 Å². The van der Waals surface area contributed by atoms with Gasteiger partial charge in [-0.2, -0.15) is 0 Å². The second-order valence-electron chi connectivity index (χ2n) is 4.48. The third kappa shape index (κ3) is 2.58. The molecule has 1 aromatic rings. The Bertz CT molecular complexity index is 333. The third-order valence-corrected chi connectivity index (χ3v) is 3.14. The second-order valence-corrected chi connectivity index (χ2v) is 4.48. The van der Waals surface area contributed by atoms with Crippen LogP contribution in [0.2, 0.25) is 0 Å². The molecule has 2 rings (SSSR count). The molecule has 1 aromatic carbocycles. The summed E-state index contributed by atoms with van der Waals surface area (Å²) in [4.78, 5) is 2.38. The average Bonchev–Trinajstić information content (AvgIpc) is 2.26. The molecule has 0 amide bonds. The first kappa shape index (κ1) is 10.7. The zero-order valence-corrected chi connectivity index (χ0v) is 9.50.